The van der Waals surface area contributed by atoms with E-state index in [9.17, 15) is 9.59 Å². The van der Waals surface area contributed by atoms with Gasteiger partial charge in [-0.05, 0) is 24.1 Å². The maximum Gasteiger partial charge on any atom is 0.327 e. The van der Waals surface area contributed by atoms with E-state index in [1.165, 1.54) is 4.57 Å². The predicted molar refractivity (Wildman–Crippen MR) is 86.6 cm³/mol. The van der Waals surface area contributed by atoms with Gasteiger partial charge in [-0.25, -0.2) is 9.79 Å². The summed E-state index contributed by atoms with van der Waals surface area (Å²) in [6.07, 6.45) is 2.39. The van der Waals surface area contributed by atoms with Gasteiger partial charge in [0.05, 0.1) is 12.8 Å². The van der Waals surface area contributed by atoms with Crippen LogP contribution in [0.25, 0.3) is 0 Å². The zero-order chi connectivity index (χ0) is 16.6. The number of imidazole rings is 1. The number of fused-ring (bicyclic) bond motifs is 1. The summed E-state index contributed by atoms with van der Waals surface area (Å²) in [5.74, 6) is 0.800. The van der Waals surface area contributed by atoms with Crippen LogP contribution >= 0.6 is 0 Å². The smallest absolute Gasteiger partial charge is 0.327 e. The Bertz CT molecular complexity index is 847. The summed E-state index contributed by atoms with van der Waals surface area (Å²) in [4.78, 5) is 30.1. The van der Waals surface area contributed by atoms with Gasteiger partial charge in [0.15, 0.2) is 5.82 Å². The van der Waals surface area contributed by atoms with Gasteiger partial charge in [-0.3, -0.25) is 14.3 Å². The Hall–Kier alpha value is -2.83. The number of ether oxygens (including phenoxy) is 1. The van der Waals surface area contributed by atoms with Crippen molar-refractivity contribution in [2.24, 2.45) is 10.7 Å². The van der Waals surface area contributed by atoms with Gasteiger partial charge in [0, 0.05) is 18.6 Å². The number of primary amides is 1. The molecule has 1 aromatic carbocycles. The molecular formula is C16H18N4O3. The van der Waals surface area contributed by atoms with E-state index < -0.39 is 5.91 Å². The quantitative estimate of drug-likeness (QED) is 0.880. The Morgan fingerprint density at radius 1 is 1.52 bits per heavy atom. The summed E-state index contributed by atoms with van der Waals surface area (Å²) in [5.41, 5.74) is 7.67. The fourth-order valence-electron chi connectivity index (χ4n) is 2.89. The van der Waals surface area contributed by atoms with E-state index in [-0.39, 0.29) is 18.2 Å². The number of carbonyl (C=O) groups is 1. The Kier molecular flexibility index (Phi) is 3.77. The van der Waals surface area contributed by atoms with Crippen LogP contribution < -0.4 is 16.2 Å². The second-order valence-electron chi connectivity index (χ2n) is 5.60. The van der Waals surface area contributed by atoms with E-state index >= 15 is 0 Å². The van der Waals surface area contributed by atoms with Crippen molar-refractivity contribution in [3.8, 4) is 5.75 Å². The predicted octanol–water partition coefficient (Wildman–Crippen LogP) is 1.02. The van der Waals surface area contributed by atoms with Crippen LogP contribution in [-0.2, 0) is 17.8 Å². The molecule has 0 bridgehead atoms. The number of benzene rings is 1. The van der Waals surface area contributed by atoms with Gasteiger partial charge in [-0.15, -0.1) is 0 Å². The molecule has 1 aliphatic rings. The lowest BCUT2D eigenvalue weighted by Gasteiger charge is -2.19. The second-order valence-corrected chi connectivity index (χ2v) is 5.60. The summed E-state index contributed by atoms with van der Waals surface area (Å²) >= 11 is 0. The van der Waals surface area contributed by atoms with Crippen LogP contribution in [0, 0.1) is 6.92 Å². The van der Waals surface area contributed by atoms with Gasteiger partial charge in [-0.2, -0.15) is 0 Å². The summed E-state index contributed by atoms with van der Waals surface area (Å²) in [5, 5.41) is 0. The molecule has 0 radical (unpaired) electrons. The minimum atomic E-state index is -0.555. The van der Waals surface area contributed by atoms with Crippen molar-refractivity contribution in [3.63, 3.8) is 0 Å². The molecule has 7 heteroatoms. The number of methoxy groups -OCH3 is 1. The molecule has 0 saturated carbocycles. The molecule has 1 amide bonds. The molecule has 1 atom stereocenters. The molecule has 3 rings (SSSR count). The average Bonchev–Trinajstić information content (AvgIpc) is 2.82. The highest BCUT2D eigenvalue weighted by Gasteiger charge is 2.23. The highest BCUT2D eigenvalue weighted by molar-refractivity contribution is 5.76. The Balaban J connectivity index is 1.95. The number of rotatable bonds is 4. The number of amides is 1. The molecule has 23 heavy (non-hydrogen) atoms. The first-order valence-corrected chi connectivity index (χ1v) is 7.28. The number of aromatic nitrogens is 2. The first-order chi connectivity index (χ1) is 11.0. The summed E-state index contributed by atoms with van der Waals surface area (Å²) < 4.78 is 6.63. The van der Waals surface area contributed by atoms with Crippen LogP contribution in [0.2, 0.25) is 0 Å². The third-order valence-corrected chi connectivity index (χ3v) is 4.03. The highest BCUT2D eigenvalue weighted by atomic mass is 16.5. The van der Waals surface area contributed by atoms with Crippen molar-refractivity contribution in [3.05, 3.63) is 45.5 Å². The lowest BCUT2D eigenvalue weighted by molar-refractivity contribution is -0.118. The van der Waals surface area contributed by atoms with Crippen LogP contribution in [-0.4, -0.2) is 28.8 Å². The summed E-state index contributed by atoms with van der Waals surface area (Å²) in [6.45, 7) is 1.83. The minimum Gasteiger partial charge on any atom is -0.496 e. The number of hydrogen-bond acceptors (Lipinski definition) is 4. The Morgan fingerprint density at radius 2 is 2.30 bits per heavy atom. The van der Waals surface area contributed by atoms with Gasteiger partial charge in [0.2, 0.25) is 5.91 Å². The monoisotopic (exact) mass is 314 g/mol. The number of H-pyrrole nitrogens is 1. The molecule has 0 saturated heterocycles. The molecule has 120 valence electrons. The largest absolute Gasteiger partial charge is 0.496 e. The zero-order valence-electron chi connectivity index (χ0n) is 13.0. The van der Waals surface area contributed by atoms with Crippen molar-refractivity contribution in [1.82, 2.24) is 9.55 Å². The van der Waals surface area contributed by atoms with Crippen molar-refractivity contribution < 1.29 is 9.53 Å². The number of aliphatic imine (C=N–C) groups is 1. The molecule has 0 fully saturated rings. The van der Waals surface area contributed by atoms with Crippen molar-refractivity contribution in [2.75, 3.05) is 7.11 Å². The number of carbonyl (C=O) groups excluding carboxylic acids is 1. The van der Waals surface area contributed by atoms with Crippen LogP contribution in [0.5, 0.6) is 5.75 Å². The number of aryl methyl sites for hydroxylation is 1. The van der Waals surface area contributed by atoms with Gasteiger partial charge < -0.3 is 10.5 Å². The molecule has 7 nitrogen and oxygen atoms in total. The Morgan fingerprint density at radius 3 is 2.96 bits per heavy atom. The first-order valence-electron chi connectivity index (χ1n) is 7.28. The van der Waals surface area contributed by atoms with E-state index in [1.807, 2.05) is 31.3 Å². The van der Waals surface area contributed by atoms with Crippen molar-refractivity contribution in [1.29, 1.82) is 0 Å². The van der Waals surface area contributed by atoms with E-state index in [0.29, 0.717) is 17.9 Å². The maximum absolute atomic E-state index is 11.9. The van der Waals surface area contributed by atoms with Gasteiger partial charge in [-0.1, -0.05) is 12.1 Å². The van der Waals surface area contributed by atoms with Gasteiger partial charge >= 0.3 is 5.69 Å². The molecule has 1 aliphatic heterocycles. The summed E-state index contributed by atoms with van der Waals surface area (Å²) in [7, 11) is 1.64. The average molecular weight is 314 g/mol. The van der Waals surface area contributed by atoms with Crippen molar-refractivity contribution in [2.45, 2.75) is 25.8 Å². The second kappa shape index (κ2) is 5.75. The number of nitrogens with zero attached hydrogens (tertiary/aromatic N) is 2. The molecule has 2 heterocycles. The molecule has 0 spiro atoms. The van der Waals surface area contributed by atoms with Gasteiger partial charge in [0.1, 0.15) is 12.3 Å². The molecule has 3 N–H and O–H groups in total. The number of nitrogens with one attached hydrogen (secondary N) is 1. The lowest BCUT2D eigenvalue weighted by atomic mass is 9.92. The highest BCUT2D eigenvalue weighted by Crippen LogP contribution is 2.31. The minimum absolute atomic E-state index is 0.0291. The number of aromatic amines is 1. The van der Waals surface area contributed by atoms with Crippen LogP contribution in [0.4, 0.5) is 5.82 Å². The number of hydrogen-bond donors (Lipinski definition) is 2. The third-order valence-electron chi connectivity index (χ3n) is 4.03. The van der Waals surface area contributed by atoms with E-state index in [0.717, 1.165) is 16.9 Å². The standard InChI is InChI=1S/C16H18N4O3/c1-9-5-10(3-4-13(9)23-2)11-6-12-15(18-7-11)19-16(22)20(12)8-14(17)21/h3-5,7,11H,6,8H2,1-2H3,(H2,17,21)(H,19,22). The zero-order valence-corrected chi connectivity index (χ0v) is 13.0. The fourth-order valence-corrected chi connectivity index (χ4v) is 2.89. The fraction of sp³-hybridized carbons (Fsp3) is 0.312. The SMILES string of the molecule is COc1ccc(C2C=Nc3[nH]c(=O)n(CC(N)=O)c3C2)cc1C. The third kappa shape index (κ3) is 2.77. The van der Waals surface area contributed by atoms with Crippen LogP contribution in [0.1, 0.15) is 22.7 Å². The van der Waals surface area contributed by atoms with E-state index in [4.69, 9.17) is 10.5 Å². The molecule has 0 aliphatic carbocycles. The number of nitrogens with two attached hydrogens (primary N) is 1. The van der Waals surface area contributed by atoms with Crippen LogP contribution in [0.15, 0.2) is 28.0 Å². The van der Waals surface area contributed by atoms with E-state index in [1.54, 1.807) is 7.11 Å². The lowest BCUT2D eigenvalue weighted by Crippen LogP contribution is -2.28. The molecule has 1 aromatic heterocycles. The Labute approximate surface area is 132 Å². The van der Waals surface area contributed by atoms with Gasteiger partial charge in [0.25, 0.3) is 0 Å². The summed E-state index contributed by atoms with van der Waals surface area (Å²) in [6, 6.07) is 5.95. The maximum atomic E-state index is 11.9. The van der Waals surface area contributed by atoms with E-state index in [2.05, 4.69) is 9.98 Å². The topological polar surface area (TPSA) is 102 Å². The molecular weight excluding hydrogens is 296 g/mol. The molecule has 2 aromatic rings. The first kappa shape index (κ1) is 15.1. The normalized spacial score (nSPS) is 16.2. The molecule has 1 unspecified atom stereocenters. The van der Waals surface area contributed by atoms with Crippen molar-refractivity contribution >= 4 is 17.9 Å². The van der Waals surface area contributed by atoms with Crippen LogP contribution in [0.3, 0.4) is 0 Å².